The van der Waals surface area contributed by atoms with Crippen LogP contribution >= 0.6 is 63.7 Å². The first kappa shape index (κ1) is 18.1. The van der Waals surface area contributed by atoms with Crippen LogP contribution in [0.1, 0.15) is 6.42 Å². The standard InChI is InChI=1S/C15H16Br4Si2/c16-10-4-1-6-12(14(10)18)20-8-3-9-21-13-7-2-5-11(17)15(13)19/h1-2,4-7H,3,8-9,20-21H2. The van der Waals surface area contributed by atoms with Crippen molar-refractivity contribution in [1.29, 1.82) is 0 Å². The van der Waals surface area contributed by atoms with E-state index in [9.17, 15) is 0 Å². The highest BCUT2D eigenvalue weighted by Crippen LogP contribution is 2.21. The van der Waals surface area contributed by atoms with Crippen LogP contribution in [0, 0.1) is 0 Å². The summed E-state index contributed by atoms with van der Waals surface area (Å²) in [4.78, 5) is 0. The highest BCUT2D eigenvalue weighted by molar-refractivity contribution is 9.13. The van der Waals surface area contributed by atoms with Crippen molar-refractivity contribution >= 4 is 93.1 Å². The summed E-state index contributed by atoms with van der Waals surface area (Å²) >= 11 is 14.6. The third kappa shape index (κ3) is 5.43. The van der Waals surface area contributed by atoms with E-state index in [1.54, 1.807) is 0 Å². The van der Waals surface area contributed by atoms with Crippen molar-refractivity contribution in [3.63, 3.8) is 0 Å². The van der Waals surface area contributed by atoms with Gasteiger partial charge in [-0.2, -0.15) is 0 Å². The third-order valence-corrected chi connectivity index (χ3v) is 12.7. The average molecular weight is 572 g/mol. The lowest BCUT2D eigenvalue weighted by atomic mass is 10.4. The van der Waals surface area contributed by atoms with Gasteiger partial charge in [0, 0.05) is 17.9 Å². The minimum atomic E-state index is -0.155. The second-order valence-corrected chi connectivity index (χ2v) is 12.2. The summed E-state index contributed by atoms with van der Waals surface area (Å²) < 4.78 is 4.90. The van der Waals surface area contributed by atoms with Crippen LogP contribution in [0.3, 0.4) is 0 Å². The average Bonchev–Trinajstić information content (AvgIpc) is 2.47. The van der Waals surface area contributed by atoms with E-state index in [1.165, 1.54) is 46.8 Å². The topological polar surface area (TPSA) is 0 Å². The van der Waals surface area contributed by atoms with Crippen molar-refractivity contribution in [1.82, 2.24) is 0 Å². The van der Waals surface area contributed by atoms with Crippen LogP contribution < -0.4 is 10.4 Å². The molecule has 0 saturated heterocycles. The number of benzene rings is 2. The van der Waals surface area contributed by atoms with Crippen LogP contribution in [0.2, 0.25) is 12.1 Å². The minimum Gasteiger partial charge on any atom is -0.0625 e. The molecule has 21 heavy (non-hydrogen) atoms. The summed E-state index contributed by atoms with van der Waals surface area (Å²) in [6.45, 7) is 0. The molecule has 112 valence electrons. The van der Waals surface area contributed by atoms with Crippen LogP contribution in [0.4, 0.5) is 0 Å². The van der Waals surface area contributed by atoms with Gasteiger partial charge < -0.3 is 0 Å². The van der Waals surface area contributed by atoms with Crippen molar-refractivity contribution in [3.8, 4) is 0 Å². The molecule has 0 aliphatic heterocycles. The Morgan fingerprint density at radius 3 is 1.52 bits per heavy atom. The van der Waals surface area contributed by atoms with Gasteiger partial charge in [-0.1, -0.05) is 53.1 Å². The maximum Gasteiger partial charge on any atom is 0.0562 e. The summed E-state index contributed by atoms with van der Waals surface area (Å²) in [5.41, 5.74) is 0. The van der Waals surface area contributed by atoms with Crippen LogP contribution in [-0.4, -0.2) is 19.0 Å². The molecule has 0 fully saturated rings. The molecule has 2 rings (SSSR count). The molecule has 0 atom stereocenters. The Labute approximate surface area is 164 Å². The Morgan fingerprint density at radius 1 is 0.667 bits per heavy atom. The van der Waals surface area contributed by atoms with Crippen molar-refractivity contribution < 1.29 is 0 Å². The maximum absolute atomic E-state index is 3.69. The van der Waals surface area contributed by atoms with Gasteiger partial charge in [0.15, 0.2) is 0 Å². The monoisotopic (exact) mass is 568 g/mol. The van der Waals surface area contributed by atoms with Crippen LogP contribution in [0.15, 0.2) is 54.3 Å². The lowest BCUT2D eigenvalue weighted by Gasteiger charge is -2.07. The highest BCUT2D eigenvalue weighted by Gasteiger charge is 2.05. The second kappa shape index (κ2) is 9.18. The molecule has 0 unspecified atom stereocenters. The van der Waals surface area contributed by atoms with Gasteiger partial charge in [-0.05, 0) is 75.9 Å². The number of hydrogen-bond donors (Lipinski definition) is 0. The Morgan fingerprint density at radius 2 is 1.10 bits per heavy atom. The Hall–Kier alpha value is 0.794. The van der Waals surface area contributed by atoms with E-state index in [0.717, 1.165) is 0 Å². The smallest absolute Gasteiger partial charge is 0.0562 e. The molecule has 0 nitrogen and oxygen atoms in total. The molecule has 0 saturated carbocycles. The van der Waals surface area contributed by atoms with E-state index >= 15 is 0 Å². The first-order valence-electron chi connectivity index (χ1n) is 6.95. The summed E-state index contributed by atoms with van der Waals surface area (Å²) in [6, 6.07) is 15.8. The Balaban J connectivity index is 1.78. The van der Waals surface area contributed by atoms with E-state index in [0.29, 0.717) is 0 Å². The molecule has 0 N–H and O–H groups in total. The third-order valence-electron chi connectivity index (χ3n) is 3.46. The summed E-state index contributed by atoms with van der Waals surface area (Å²) in [5.74, 6) is 0. The predicted molar refractivity (Wildman–Crippen MR) is 114 cm³/mol. The number of halogens is 4. The first-order valence-corrected chi connectivity index (χ1v) is 13.5. The zero-order chi connectivity index (χ0) is 15.2. The van der Waals surface area contributed by atoms with Gasteiger partial charge in [-0.25, -0.2) is 0 Å². The normalized spacial score (nSPS) is 12.0. The lowest BCUT2D eigenvalue weighted by Crippen LogP contribution is -2.18. The largest absolute Gasteiger partial charge is 0.0625 e. The molecule has 0 aromatic heterocycles. The van der Waals surface area contributed by atoms with Gasteiger partial charge in [0.2, 0.25) is 0 Å². The van der Waals surface area contributed by atoms with E-state index in [4.69, 9.17) is 0 Å². The molecule has 6 heteroatoms. The Bertz CT molecular complexity index is 563. The number of rotatable bonds is 6. The molecule has 0 aliphatic rings. The fourth-order valence-corrected chi connectivity index (χ4v) is 9.44. The SMILES string of the molecule is Brc1cccc([SiH2]CCC[SiH2]c2cccc(Br)c2Br)c1Br. The van der Waals surface area contributed by atoms with E-state index < -0.39 is 0 Å². The minimum absolute atomic E-state index is 0.155. The first-order chi connectivity index (χ1) is 10.1. The van der Waals surface area contributed by atoms with Gasteiger partial charge in [-0.15, -0.1) is 0 Å². The van der Waals surface area contributed by atoms with Crippen molar-refractivity contribution in [2.45, 2.75) is 18.5 Å². The predicted octanol–water partition coefficient (Wildman–Crippen LogP) is 4.25. The zero-order valence-electron chi connectivity index (χ0n) is 11.5. The summed E-state index contributed by atoms with van der Waals surface area (Å²) in [7, 11) is -0.310. The quantitative estimate of drug-likeness (QED) is 0.359. The molecule has 0 radical (unpaired) electrons. The fourth-order valence-electron chi connectivity index (χ4n) is 2.29. The maximum atomic E-state index is 3.69. The molecule has 0 amide bonds. The molecule has 0 bridgehead atoms. The number of hydrogen-bond acceptors (Lipinski definition) is 0. The van der Waals surface area contributed by atoms with Crippen LogP contribution in [0.25, 0.3) is 0 Å². The van der Waals surface area contributed by atoms with Crippen molar-refractivity contribution in [2.24, 2.45) is 0 Å². The van der Waals surface area contributed by atoms with E-state index in [2.05, 4.69) is 100 Å². The van der Waals surface area contributed by atoms with Gasteiger partial charge in [0.1, 0.15) is 0 Å². The molecule has 2 aromatic rings. The van der Waals surface area contributed by atoms with Gasteiger partial charge >= 0.3 is 0 Å². The molecular formula is C15H16Br4Si2. The molecule has 2 aromatic carbocycles. The molecule has 0 aliphatic carbocycles. The zero-order valence-corrected chi connectivity index (χ0v) is 20.7. The van der Waals surface area contributed by atoms with Gasteiger partial charge in [0.25, 0.3) is 0 Å². The van der Waals surface area contributed by atoms with Gasteiger partial charge in [-0.3, -0.25) is 0 Å². The van der Waals surface area contributed by atoms with Gasteiger partial charge in [0.05, 0.1) is 19.0 Å². The molecule has 0 heterocycles. The molecule has 0 spiro atoms. The van der Waals surface area contributed by atoms with E-state index in [-0.39, 0.29) is 19.0 Å². The van der Waals surface area contributed by atoms with E-state index in [1.807, 2.05) is 0 Å². The molecular weight excluding hydrogens is 556 g/mol. The lowest BCUT2D eigenvalue weighted by molar-refractivity contribution is 1.07. The fraction of sp³-hybridized carbons (Fsp3) is 0.200. The summed E-state index contributed by atoms with van der Waals surface area (Å²) in [5, 5.41) is 3.07. The Kier molecular flexibility index (Phi) is 7.93. The van der Waals surface area contributed by atoms with Crippen molar-refractivity contribution in [2.75, 3.05) is 0 Å². The van der Waals surface area contributed by atoms with Crippen LogP contribution in [0.5, 0.6) is 0 Å². The van der Waals surface area contributed by atoms with Crippen molar-refractivity contribution in [3.05, 3.63) is 54.3 Å². The second-order valence-electron chi connectivity index (χ2n) is 4.99. The summed E-state index contributed by atoms with van der Waals surface area (Å²) in [6.07, 6.45) is 1.37. The highest BCUT2D eigenvalue weighted by atomic mass is 79.9. The van der Waals surface area contributed by atoms with Crippen LogP contribution in [-0.2, 0) is 0 Å².